The number of aromatic nitrogens is 1. The molecule has 1 atom stereocenters. The fraction of sp³-hybridized carbons (Fsp3) is 0.360. The Hall–Kier alpha value is -2.64. The summed E-state index contributed by atoms with van der Waals surface area (Å²) in [6.45, 7) is 7.36. The second-order valence-electron chi connectivity index (χ2n) is 7.98. The summed E-state index contributed by atoms with van der Waals surface area (Å²) in [7, 11) is 0. The third kappa shape index (κ3) is 4.89. The van der Waals surface area contributed by atoms with Crippen LogP contribution >= 0.6 is 15.9 Å². The molecular formula is C25H28BrN3O3. The Bertz CT molecular complexity index is 1050. The first-order valence-electron chi connectivity index (χ1n) is 11.0. The van der Waals surface area contributed by atoms with Crippen LogP contribution in [0.1, 0.15) is 36.2 Å². The van der Waals surface area contributed by atoms with Gasteiger partial charge in [-0.2, -0.15) is 0 Å². The van der Waals surface area contributed by atoms with E-state index in [0.717, 1.165) is 46.7 Å². The van der Waals surface area contributed by atoms with Crippen LogP contribution in [0.3, 0.4) is 0 Å². The van der Waals surface area contributed by atoms with E-state index in [1.54, 1.807) is 0 Å². The number of ether oxygens (including phenoxy) is 1. The zero-order valence-electron chi connectivity index (χ0n) is 18.5. The average Bonchev–Trinajstić information content (AvgIpc) is 3.26. The molecule has 7 heteroatoms. The van der Waals surface area contributed by atoms with Crippen LogP contribution in [-0.4, -0.2) is 48.3 Å². The standard InChI is InChI=1S/C25H28BrN3O3/c1-3-18(2)29(24(30)20-10-7-11-21(26)16-20)17-22-23(19-8-5-4-6-9-19)27-32-25(22)28-12-14-31-15-13-28/h4-11,16,18H,3,12-15,17H2,1-2H3. The van der Waals surface area contributed by atoms with Crippen LogP contribution in [-0.2, 0) is 11.3 Å². The number of carbonyl (C=O) groups excluding carboxylic acids is 1. The van der Waals surface area contributed by atoms with Crippen LogP contribution < -0.4 is 4.90 Å². The van der Waals surface area contributed by atoms with Crippen molar-refractivity contribution in [1.29, 1.82) is 0 Å². The third-order valence-electron chi connectivity index (χ3n) is 5.90. The van der Waals surface area contributed by atoms with Gasteiger partial charge in [-0.1, -0.05) is 64.4 Å². The van der Waals surface area contributed by atoms with Gasteiger partial charge in [0.05, 0.1) is 25.3 Å². The molecule has 2 aromatic carbocycles. The molecule has 4 rings (SSSR count). The predicted octanol–water partition coefficient (Wildman–Crippen LogP) is 5.38. The molecule has 0 saturated carbocycles. The minimum atomic E-state index is -0.00575. The molecule has 1 fully saturated rings. The highest BCUT2D eigenvalue weighted by molar-refractivity contribution is 9.10. The highest BCUT2D eigenvalue weighted by Crippen LogP contribution is 2.34. The van der Waals surface area contributed by atoms with Gasteiger partial charge in [0.2, 0.25) is 5.88 Å². The Morgan fingerprint density at radius 1 is 1.16 bits per heavy atom. The normalized spacial score (nSPS) is 14.9. The highest BCUT2D eigenvalue weighted by Gasteiger charge is 2.29. The number of morpholine rings is 1. The molecule has 1 saturated heterocycles. The molecule has 2 heterocycles. The SMILES string of the molecule is CCC(C)N(Cc1c(-c2ccccc2)noc1N1CCOCC1)C(=O)c1cccc(Br)c1. The summed E-state index contributed by atoms with van der Waals surface area (Å²) in [5, 5.41) is 4.44. The Morgan fingerprint density at radius 3 is 2.59 bits per heavy atom. The van der Waals surface area contributed by atoms with Gasteiger partial charge >= 0.3 is 0 Å². The average molecular weight is 498 g/mol. The van der Waals surface area contributed by atoms with Gasteiger partial charge in [-0.3, -0.25) is 4.79 Å². The van der Waals surface area contributed by atoms with Gasteiger partial charge < -0.3 is 19.1 Å². The monoisotopic (exact) mass is 497 g/mol. The number of anilines is 1. The zero-order chi connectivity index (χ0) is 22.5. The largest absolute Gasteiger partial charge is 0.378 e. The number of halogens is 1. The van der Waals surface area contributed by atoms with Crippen molar-refractivity contribution < 1.29 is 14.1 Å². The molecule has 0 aliphatic carbocycles. The minimum absolute atomic E-state index is 0.00575. The van der Waals surface area contributed by atoms with Gasteiger partial charge in [-0.15, -0.1) is 0 Å². The summed E-state index contributed by atoms with van der Waals surface area (Å²) < 4.78 is 12.3. The molecule has 1 unspecified atom stereocenters. The smallest absolute Gasteiger partial charge is 0.254 e. The van der Waals surface area contributed by atoms with Crippen LogP contribution in [0.25, 0.3) is 11.3 Å². The Morgan fingerprint density at radius 2 is 1.91 bits per heavy atom. The first-order chi connectivity index (χ1) is 15.6. The molecule has 1 aliphatic heterocycles. The number of nitrogens with zero attached hydrogens (tertiary/aromatic N) is 3. The van der Waals surface area contributed by atoms with E-state index in [1.165, 1.54) is 0 Å². The van der Waals surface area contributed by atoms with Gasteiger partial charge in [0.1, 0.15) is 5.69 Å². The van der Waals surface area contributed by atoms with E-state index in [4.69, 9.17) is 9.26 Å². The molecule has 6 nitrogen and oxygen atoms in total. The first-order valence-corrected chi connectivity index (χ1v) is 11.8. The number of carbonyl (C=O) groups is 1. The Kier molecular flexibility index (Phi) is 7.27. The van der Waals surface area contributed by atoms with Crippen LogP contribution in [0.4, 0.5) is 5.88 Å². The molecule has 0 spiro atoms. The lowest BCUT2D eigenvalue weighted by molar-refractivity contribution is 0.0671. The third-order valence-corrected chi connectivity index (χ3v) is 6.39. The molecule has 1 aliphatic rings. The van der Waals surface area contributed by atoms with E-state index >= 15 is 0 Å². The number of hydrogen-bond donors (Lipinski definition) is 0. The molecule has 168 valence electrons. The number of hydrogen-bond acceptors (Lipinski definition) is 5. The van der Waals surface area contributed by atoms with Crippen LogP contribution in [0.15, 0.2) is 63.6 Å². The highest BCUT2D eigenvalue weighted by atomic mass is 79.9. The van der Waals surface area contributed by atoms with Crippen molar-refractivity contribution in [2.75, 3.05) is 31.2 Å². The van der Waals surface area contributed by atoms with Crippen molar-refractivity contribution in [3.8, 4) is 11.3 Å². The maximum absolute atomic E-state index is 13.6. The summed E-state index contributed by atoms with van der Waals surface area (Å²) >= 11 is 3.49. The lowest BCUT2D eigenvalue weighted by Gasteiger charge is -2.31. The van der Waals surface area contributed by atoms with Gasteiger partial charge in [0.25, 0.3) is 5.91 Å². The molecule has 1 aromatic heterocycles. The zero-order valence-corrected chi connectivity index (χ0v) is 20.0. The summed E-state index contributed by atoms with van der Waals surface area (Å²) in [6, 6.07) is 17.6. The van der Waals surface area contributed by atoms with Crippen molar-refractivity contribution >= 4 is 27.7 Å². The summed E-state index contributed by atoms with van der Waals surface area (Å²) in [5.41, 5.74) is 3.35. The van der Waals surface area contributed by atoms with Crippen molar-refractivity contribution in [2.45, 2.75) is 32.9 Å². The lowest BCUT2D eigenvalue weighted by atomic mass is 10.0. The van der Waals surface area contributed by atoms with Crippen molar-refractivity contribution in [2.24, 2.45) is 0 Å². The summed E-state index contributed by atoms with van der Waals surface area (Å²) in [4.78, 5) is 17.7. The van der Waals surface area contributed by atoms with E-state index in [0.29, 0.717) is 25.3 Å². The van der Waals surface area contributed by atoms with Crippen molar-refractivity contribution in [3.05, 3.63) is 70.2 Å². The summed E-state index contributed by atoms with van der Waals surface area (Å²) in [5.74, 6) is 0.719. The quantitative estimate of drug-likeness (QED) is 0.438. The first kappa shape index (κ1) is 22.6. The minimum Gasteiger partial charge on any atom is -0.378 e. The van der Waals surface area contributed by atoms with E-state index < -0.39 is 0 Å². The fourth-order valence-electron chi connectivity index (χ4n) is 3.89. The van der Waals surface area contributed by atoms with Gasteiger partial charge in [0.15, 0.2) is 0 Å². The van der Waals surface area contributed by atoms with Gasteiger partial charge in [-0.05, 0) is 31.5 Å². The molecule has 1 amide bonds. The maximum Gasteiger partial charge on any atom is 0.254 e. The van der Waals surface area contributed by atoms with Gasteiger partial charge in [0, 0.05) is 34.7 Å². The molecule has 3 aromatic rings. The molecule has 0 N–H and O–H groups in total. The van der Waals surface area contributed by atoms with E-state index in [1.807, 2.05) is 59.5 Å². The lowest BCUT2D eigenvalue weighted by Crippen LogP contribution is -2.39. The van der Waals surface area contributed by atoms with E-state index in [9.17, 15) is 4.79 Å². The molecule has 32 heavy (non-hydrogen) atoms. The second kappa shape index (κ2) is 10.3. The van der Waals surface area contributed by atoms with Crippen molar-refractivity contribution in [1.82, 2.24) is 10.1 Å². The fourth-order valence-corrected chi connectivity index (χ4v) is 4.29. The Labute approximate surface area is 197 Å². The van der Waals surface area contributed by atoms with Crippen molar-refractivity contribution in [3.63, 3.8) is 0 Å². The molecule has 0 radical (unpaired) electrons. The number of amides is 1. The van der Waals surface area contributed by atoms with Crippen LogP contribution in [0.2, 0.25) is 0 Å². The second-order valence-corrected chi connectivity index (χ2v) is 8.90. The maximum atomic E-state index is 13.6. The molecular weight excluding hydrogens is 470 g/mol. The number of rotatable bonds is 7. The van der Waals surface area contributed by atoms with E-state index in [-0.39, 0.29) is 11.9 Å². The number of benzene rings is 2. The molecule has 0 bridgehead atoms. The van der Waals surface area contributed by atoms with Gasteiger partial charge in [-0.25, -0.2) is 0 Å². The predicted molar refractivity (Wildman–Crippen MR) is 129 cm³/mol. The van der Waals surface area contributed by atoms with E-state index in [2.05, 4.69) is 39.8 Å². The topological polar surface area (TPSA) is 58.8 Å². The summed E-state index contributed by atoms with van der Waals surface area (Å²) in [6.07, 6.45) is 0.846. The Balaban J connectivity index is 1.75. The van der Waals surface area contributed by atoms with Crippen LogP contribution in [0.5, 0.6) is 0 Å². The van der Waals surface area contributed by atoms with Crippen LogP contribution in [0, 0.1) is 0 Å².